The summed E-state index contributed by atoms with van der Waals surface area (Å²) in [5.41, 5.74) is 1.89. The summed E-state index contributed by atoms with van der Waals surface area (Å²) in [5.74, 6) is -1.02. The third-order valence-corrected chi connectivity index (χ3v) is 7.16. The molecule has 0 saturated heterocycles. The molecule has 234 valence electrons. The van der Waals surface area contributed by atoms with Crippen molar-refractivity contribution in [1.82, 2.24) is 29.6 Å². The number of fused-ring (bicyclic) bond motifs is 2. The Bertz CT molecular complexity index is 1840. The largest absolute Gasteiger partial charge is 0.493 e. The van der Waals surface area contributed by atoms with Crippen LogP contribution < -0.4 is 14.8 Å². The third-order valence-electron chi connectivity index (χ3n) is 7.16. The Kier molecular flexibility index (Phi) is 8.20. The van der Waals surface area contributed by atoms with Gasteiger partial charge in [0.2, 0.25) is 0 Å². The van der Waals surface area contributed by atoms with Gasteiger partial charge in [0, 0.05) is 47.9 Å². The predicted molar refractivity (Wildman–Crippen MR) is 153 cm³/mol. The molecule has 6 rings (SSSR count). The second kappa shape index (κ2) is 12.2. The second-order valence-corrected chi connectivity index (χ2v) is 10.2. The Balaban J connectivity index is 1.43. The molecule has 45 heavy (non-hydrogen) atoms. The highest BCUT2D eigenvalue weighted by atomic mass is 19.4. The van der Waals surface area contributed by atoms with E-state index in [2.05, 4.69) is 20.4 Å². The Morgan fingerprint density at radius 2 is 1.82 bits per heavy atom. The highest BCUT2D eigenvalue weighted by molar-refractivity contribution is 5.92. The summed E-state index contributed by atoms with van der Waals surface area (Å²) in [5, 5.41) is 17.3. The molecule has 15 heteroatoms. The van der Waals surface area contributed by atoms with E-state index in [-0.39, 0.29) is 61.5 Å². The summed E-state index contributed by atoms with van der Waals surface area (Å²) in [6.45, 7) is -1.98. The SMILES string of the molecule is COc1cnccc1Nc1nc(-c2nn(Cc3c(F)cc(OCCO)cc3F)c3ccccc23)nc2c1CN(CC(F)(F)F)C2. The van der Waals surface area contributed by atoms with Crippen LogP contribution >= 0.6 is 0 Å². The van der Waals surface area contributed by atoms with E-state index in [1.165, 1.54) is 29.1 Å². The Hall–Kier alpha value is -4.89. The molecule has 3 aromatic heterocycles. The van der Waals surface area contributed by atoms with Gasteiger partial charge in [0.25, 0.3) is 0 Å². The number of halogens is 5. The van der Waals surface area contributed by atoms with Crippen molar-refractivity contribution in [2.75, 3.05) is 32.2 Å². The normalized spacial score (nSPS) is 13.3. The number of pyridine rings is 1. The minimum Gasteiger partial charge on any atom is -0.493 e. The van der Waals surface area contributed by atoms with Gasteiger partial charge < -0.3 is 19.9 Å². The van der Waals surface area contributed by atoms with Crippen LogP contribution in [-0.2, 0) is 19.6 Å². The van der Waals surface area contributed by atoms with E-state index in [0.29, 0.717) is 33.6 Å². The minimum atomic E-state index is -4.41. The zero-order chi connectivity index (χ0) is 31.7. The highest BCUT2D eigenvalue weighted by Crippen LogP contribution is 2.36. The van der Waals surface area contributed by atoms with Crippen LogP contribution in [0.4, 0.5) is 33.5 Å². The molecular formula is C30H26F5N7O3. The van der Waals surface area contributed by atoms with E-state index >= 15 is 8.78 Å². The van der Waals surface area contributed by atoms with Gasteiger partial charge in [-0.3, -0.25) is 14.6 Å². The van der Waals surface area contributed by atoms with Crippen LogP contribution in [0.25, 0.3) is 22.4 Å². The fourth-order valence-corrected chi connectivity index (χ4v) is 5.21. The first-order chi connectivity index (χ1) is 21.6. The number of hydrogen-bond donors (Lipinski definition) is 2. The number of aromatic nitrogens is 5. The molecular weight excluding hydrogens is 601 g/mol. The summed E-state index contributed by atoms with van der Waals surface area (Å²) in [7, 11) is 1.46. The van der Waals surface area contributed by atoms with Gasteiger partial charge in [-0.05, 0) is 12.1 Å². The van der Waals surface area contributed by atoms with Crippen LogP contribution in [0.3, 0.4) is 0 Å². The van der Waals surface area contributed by atoms with E-state index in [9.17, 15) is 13.2 Å². The van der Waals surface area contributed by atoms with E-state index in [0.717, 1.165) is 12.1 Å². The molecule has 0 fully saturated rings. The monoisotopic (exact) mass is 627 g/mol. The van der Waals surface area contributed by atoms with Gasteiger partial charge in [0.1, 0.15) is 35.5 Å². The number of aliphatic hydroxyl groups excluding tert-OH is 1. The summed E-state index contributed by atoms with van der Waals surface area (Å²) < 4.78 is 81.9. The Morgan fingerprint density at radius 3 is 2.56 bits per heavy atom. The maximum absolute atomic E-state index is 15.0. The minimum absolute atomic E-state index is 0.0450. The van der Waals surface area contributed by atoms with Crippen LogP contribution in [0.5, 0.6) is 11.5 Å². The molecule has 2 aromatic carbocycles. The number of hydrogen-bond acceptors (Lipinski definition) is 9. The molecule has 0 amide bonds. The summed E-state index contributed by atoms with van der Waals surface area (Å²) in [6, 6.07) is 10.7. The number of methoxy groups -OCH3 is 1. The van der Waals surface area contributed by atoms with Crippen molar-refractivity contribution in [1.29, 1.82) is 0 Å². The zero-order valence-corrected chi connectivity index (χ0v) is 23.8. The lowest BCUT2D eigenvalue weighted by atomic mass is 10.1. The summed E-state index contributed by atoms with van der Waals surface area (Å²) >= 11 is 0. The maximum atomic E-state index is 15.0. The fraction of sp³-hybridized carbons (Fsp3) is 0.267. The lowest BCUT2D eigenvalue weighted by Crippen LogP contribution is -2.30. The average Bonchev–Trinajstić information content (AvgIpc) is 3.58. The maximum Gasteiger partial charge on any atom is 0.401 e. The zero-order valence-electron chi connectivity index (χ0n) is 23.8. The molecule has 0 atom stereocenters. The third kappa shape index (κ3) is 6.35. The van der Waals surface area contributed by atoms with Crippen LogP contribution in [-0.4, -0.2) is 67.8 Å². The number of para-hydroxylation sites is 1. The number of nitrogens with zero attached hydrogens (tertiary/aromatic N) is 6. The highest BCUT2D eigenvalue weighted by Gasteiger charge is 2.35. The van der Waals surface area contributed by atoms with Crippen LogP contribution in [0, 0.1) is 11.6 Å². The number of rotatable bonds is 10. The number of ether oxygens (including phenoxy) is 2. The van der Waals surface area contributed by atoms with Crippen molar-refractivity contribution >= 4 is 22.4 Å². The molecule has 0 radical (unpaired) electrons. The standard InChI is InChI=1S/C30H26F5N7O3/c1-44-26-12-36-7-6-23(26)37-28-20-13-41(16-30(33,34)35)15-24(20)38-29(39-28)27-18-4-2-3-5-25(18)42(40-27)14-19-21(31)10-17(11-22(19)32)45-9-8-43/h2-7,10-12,43H,8-9,13-16H2,1H3,(H,36,37,38,39). The molecule has 4 heterocycles. The quantitative estimate of drug-likeness (QED) is 0.202. The first-order valence-corrected chi connectivity index (χ1v) is 13.7. The number of aliphatic hydroxyl groups is 1. The van der Waals surface area contributed by atoms with E-state index in [4.69, 9.17) is 19.6 Å². The lowest BCUT2D eigenvalue weighted by Gasteiger charge is -2.16. The van der Waals surface area contributed by atoms with Crippen molar-refractivity contribution in [2.24, 2.45) is 0 Å². The second-order valence-electron chi connectivity index (χ2n) is 10.2. The molecule has 5 aromatic rings. The number of anilines is 2. The number of nitrogens with one attached hydrogen (secondary N) is 1. The van der Waals surface area contributed by atoms with Gasteiger partial charge in [-0.2, -0.15) is 18.3 Å². The van der Waals surface area contributed by atoms with E-state index < -0.39 is 24.4 Å². The molecule has 0 saturated carbocycles. The van der Waals surface area contributed by atoms with Gasteiger partial charge in [-0.15, -0.1) is 0 Å². The molecule has 2 N–H and O–H groups in total. The van der Waals surface area contributed by atoms with E-state index in [1.54, 1.807) is 30.3 Å². The van der Waals surface area contributed by atoms with Crippen LogP contribution in [0.15, 0.2) is 54.9 Å². The molecule has 0 spiro atoms. The van der Waals surface area contributed by atoms with Gasteiger partial charge in [-0.1, -0.05) is 18.2 Å². The van der Waals surface area contributed by atoms with Gasteiger partial charge >= 0.3 is 6.18 Å². The van der Waals surface area contributed by atoms with Gasteiger partial charge in [-0.25, -0.2) is 18.7 Å². The van der Waals surface area contributed by atoms with Gasteiger partial charge in [0.15, 0.2) is 11.6 Å². The van der Waals surface area contributed by atoms with Crippen molar-refractivity contribution < 1.29 is 36.5 Å². The molecule has 1 aliphatic heterocycles. The topological polar surface area (TPSA) is 110 Å². The molecule has 10 nitrogen and oxygen atoms in total. The number of benzene rings is 2. The smallest absolute Gasteiger partial charge is 0.401 e. The van der Waals surface area contributed by atoms with Crippen molar-refractivity contribution in [3.63, 3.8) is 0 Å². The molecule has 0 unspecified atom stereocenters. The van der Waals surface area contributed by atoms with Gasteiger partial charge in [0.05, 0.1) is 49.9 Å². The molecule has 0 aliphatic carbocycles. The first-order valence-electron chi connectivity index (χ1n) is 13.7. The van der Waals surface area contributed by atoms with Crippen molar-refractivity contribution in [2.45, 2.75) is 25.8 Å². The lowest BCUT2D eigenvalue weighted by molar-refractivity contribution is -0.147. The van der Waals surface area contributed by atoms with Crippen LogP contribution in [0.1, 0.15) is 16.8 Å². The molecule has 1 aliphatic rings. The van der Waals surface area contributed by atoms with Crippen molar-refractivity contribution in [3.05, 3.63) is 83.3 Å². The summed E-state index contributed by atoms with van der Waals surface area (Å²) in [4.78, 5) is 14.6. The number of alkyl halides is 3. The average molecular weight is 628 g/mol. The Labute approximate surface area is 253 Å². The van der Waals surface area contributed by atoms with Crippen molar-refractivity contribution in [3.8, 4) is 23.0 Å². The summed E-state index contributed by atoms with van der Waals surface area (Å²) in [6.07, 6.45) is -1.40. The van der Waals surface area contributed by atoms with E-state index in [1.807, 2.05) is 0 Å². The predicted octanol–water partition coefficient (Wildman–Crippen LogP) is 5.22. The first kappa shape index (κ1) is 30.1. The fourth-order valence-electron chi connectivity index (χ4n) is 5.21. The molecule has 0 bridgehead atoms. The van der Waals surface area contributed by atoms with Crippen LogP contribution in [0.2, 0.25) is 0 Å². The Morgan fingerprint density at radius 1 is 1.04 bits per heavy atom.